The predicted octanol–water partition coefficient (Wildman–Crippen LogP) is 2.63. The minimum atomic E-state index is -0.745. The van der Waals surface area contributed by atoms with E-state index >= 15 is 0 Å². The first-order valence-electron chi connectivity index (χ1n) is 8.43. The molecule has 27 heavy (non-hydrogen) atoms. The van der Waals surface area contributed by atoms with Gasteiger partial charge in [-0.1, -0.05) is 41.2 Å². The first-order valence-corrected chi connectivity index (χ1v) is 9.24. The van der Waals surface area contributed by atoms with Gasteiger partial charge in [0.05, 0.1) is 16.8 Å². The average molecular weight is 384 g/mol. The molecule has 1 heterocycles. The van der Waals surface area contributed by atoms with Gasteiger partial charge < -0.3 is 10.1 Å². The summed E-state index contributed by atoms with van der Waals surface area (Å²) >= 11 is 1.46. The number of para-hydroxylation sites is 1. The number of fused-ring (bicyclic) bond motifs is 1. The van der Waals surface area contributed by atoms with Crippen LogP contribution in [0.2, 0.25) is 0 Å². The van der Waals surface area contributed by atoms with Crippen LogP contribution in [0.4, 0.5) is 5.13 Å². The molecule has 0 aliphatic carbocycles. The number of aromatic nitrogens is 1. The summed E-state index contributed by atoms with van der Waals surface area (Å²) in [4.78, 5) is 28.3. The van der Waals surface area contributed by atoms with E-state index in [2.05, 4.69) is 21.2 Å². The van der Waals surface area contributed by atoms with E-state index in [0.717, 1.165) is 15.8 Å². The molecule has 0 aliphatic rings. The highest BCUT2D eigenvalue weighted by Gasteiger charge is 2.15. The van der Waals surface area contributed by atoms with Crippen molar-refractivity contribution in [3.05, 3.63) is 54.1 Å². The summed E-state index contributed by atoms with van der Waals surface area (Å²) in [6, 6.07) is 15.1. The summed E-state index contributed by atoms with van der Waals surface area (Å²) < 4.78 is 6.58. The maximum absolute atomic E-state index is 12.0. The summed E-state index contributed by atoms with van der Waals surface area (Å²) in [7, 11) is 0. The van der Waals surface area contributed by atoms with Gasteiger partial charge >= 0.3 is 0 Å². The standard InChI is InChI=1S/C19H20N4O3S/c1-12-7-9-14(10-8-12)26-13(2)18(25)23-22-17(24)11-20-19-21-15-5-3-4-6-16(15)27-19/h3-10,13H,11H2,1-2H3,(H,20,21)(H,22,24)(H,23,25). The van der Waals surface area contributed by atoms with E-state index in [1.165, 1.54) is 11.3 Å². The largest absolute Gasteiger partial charge is 0.481 e. The average Bonchev–Trinajstić information content (AvgIpc) is 3.09. The molecule has 1 aromatic heterocycles. The lowest BCUT2D eigenvalue weighted by Crippen LogP contribution is -2.48. The van der Waals surface area contributed by atoms with Crippen molar-refractivity contribution < 1.29 is 14.3 Å². The van der Waals surface area contributed by atoms with Crippen molar-refractivity contribution in [2.45, 2.75) is 20.0 Å². The molecule has 3 rings (SSSR count). The Hall–Kier alpha value is -3.13. The number of hydrogen-bond acceptors (Lipinski definition) is 6. The van der Waals surface area contributed by atoms with Gasteiger partial charge in [0.2, 0.25) is 0 Å². The highest BCUT2D eigenvalue weighted by Crippen LogP contribution is 2.24. The van der Waals surface area contributed by atoms with Gasteiger partial charge in [-0.2, -0.15) is 0 Å². The molecule has 0 bridgehead atoms. The summed E-state index contributed by atoms with van der Waals surface area (Å²) in [5.74, 6) is -0.235. The monoisotopic (exact) mass is 384 g/mol. The third-order valence-corrected chi connectivity index (χ3v) is 4.72. The third-order valence-electron chi connectivity index (χ3n) is 3.72. The summed E-state index contributed by atoms with van der Waals surface area (Å²) in [5.41, 5.74) is 6.69. The van der Waals surface area contributed by atoms with Crippen molar-refractivity contribution >= 4 is 38.5 Å². The first-order chi connectivity index (χ1) is 13.0. The van der Waals surface area contributed by atoms with Crippen molar-refractivity contribution in [2.24, 2.45) is 0 Å². The first kappa shape index (κ1) is 18.7. The molecule has 0 radical (unpaired) electrons. The molecule has 3 aromatic rings. The summed E-state index contributed by atoms with van der Waals surface area (Å²) in [6.45, 7) is 3.58. The van der Waals surface area contributed by atoms with Gasteiger partial charge in [-0.15, -0.1) is 0 Å². The minimum absolute atomic E-state index is 0.00664. The molecule has 3 N–H and O–H groups in total. The van der Waals surface area contributed by atoms with Crippen LogP contribution in [-0.4, -0.2) is 29.4 Å². The van der Waals surface area contributed by atoms with E-state index < -0.39 is 12.0 Å². The van der Waals surface area contributed by atoms with Gasteiger partial charge in [0, 0.05) is 0 Å². The number of anilines is 1. The number of aryl methyl sites for hydroxylation is 1. The molecule has 140 valence electrons. The van der Waals surface area contributed by atoms with Crippen molar-refractivity contribution in [3.63, 3.8) is 0 Å². The number of benzene rings is 2. The molecular formula is C19H20N4O3S. The second-order valence-electron chi connectivity index (χ2n) is 5.95. The Morgan fingerprint density at radius 2 is 1.85 bits per heavy atom. The smallest absolute Gasteiger partial charge is 0.279 e. The van der Waals surface area contributed by atoms with E-state index in [0.29, 0.717) is 10.9 Å². The topological polar surface area (TPSA) is 92.4 Å². The van der Waals surface area contributed by atoms with Gasteiger partial charge in [0.15, 0.2) is 11.2 Å². The quantitative estimate of drug-likeness (QED) is 0.568. The lowest BCUT2D eigenvalue weighted by Gasteiger charge is -2.15. The SMILES string of the molecule is Cc1ccc(OC(C)C(=O)NNC(=O)CNc2nc3ccccc3s2)cc1. The van der Waals surface area contributed by atoms with Crippen LogP contribution in [0.5, 0.6) is 5.75 Å². The molecular weight excluding hydrogens is 364 g/mol. The Morgan fingerprint density at radius 3 is 2.59 bits per heavy atom. The fourth-order valence-corrected chi connectivity index (χ4v) is 3.12. The van der Waals surface area contributed by atoms with Gasteiger partial charge in [-0.25, -0.2) is 4.98 Å². The van der Waals surface area contributed by atoms with Gasteiger partial charge in [0.1, 0.15) is 5.75 Å². The number of thiazole rings is 1. The molecule has 2 aromatic carbocycles. The van der Waals surface area contributed by atoms with E-state index in [-0.39, 0.29) is 12.5 Å². The second-order valence-corrected chi connectivity index (χ2v) is 6.98. The highest BCUT2D eigenvalue weighted by atomic mass is 32.1. The number of amides is 2. The Bertz CT molecular complexity index is 907. The Labute approximate surface area is 160 Å². The lowest BCUT2D eigenvalue weighted by atomic mass is 10.2. The van der Waals surface area contributed by atoms with E-state index in [1.807, 2.05) is 43.3 Å². The Kier molecular flexibility index (Phi) is 5.87. The lowest BCUT2D eigenvalue weighted by molar-refractivity contribution is -0.132. The third kappa shape index (κ3) is 5.18. The van der Waals surface area contributed by atoms with Crippen molar-refractivity contribution in [3.8, 4) is 5.75 Å². The maximum Gasteiger partial charge on any atom is 0.279 e. The number of carbonyl (C=O) groups is 2. The van der Waals surface area contributed by atoms with E-state index in [4.69, 9.17) is 4.74 Å². The second kappa shape index (κ2) is 8.50. The molecule has 0 saturated heterocycles. The van der Waals surface area contributed by atoms with Crippen LogP contribution in [0, 0.1) is 6.92 Å². The predicted molar refractivity (Wildman–Crippen MR) is 106 cm³/mol. The fraction of sp³-hybridized carbons (Fsp3) is 0.211. The summed E-state index contributed by atoms with van der Waals surface area (Å²) in [5, 5.41) is 3.59. The molecule has 0 saturated carbocycles. The van der Waals surface area contributed by atoms with Crippen LogP contribution in [0.1, 0.15) is 12.5 Å². The Morgan fingerprint density at radius 1 is 1.11 bits per heavy atom. The zero-order valence-corrected chi connectivity index (χ0v) is 15.8. The molecule has 0 spiro atoms. The molecule has 1 atom stereocenters. The van der Waals surface area contributed by atoms with Gasteiger partial charge in [-0.05, 0) is 38.1 Å². The van der Waals surface area contributed by atoms with Crippen LogP contribution in [0.25, 0.3) is 10.2 Å². The number of hydrazine groups is 1. The molecule has 8 heteroatoms. The summed E-state index contributed by atoms with van der Waals surface area (Å²) in [6.07, 6.45) is -0.745. The van der Waals surface area contributed by atoms with Crippen LogP contribution >= 0.6 is 11.3 Å². The number of nitrogens with zero attached hydrogens (tertiary/aromatic N) is 1. The van der Waals surface area contributed by atoms with Crippen molar-refractivity contribution in [1.29, 1.82) is 0 Å². The molecule has 0 fully saturated rings. The molecule has 7 nitrogen and oxygen atoms in total. The highest BCUT2D eigenvalue weighted by molar-refractivity contribution is 7.22. The number of rotatable bonds is 6. The van der Waals surface area contributed by atoms with Gasteiger partial charge in [0.25, 0.3) is 11.8 Å². The van der Waals surface area contributed by atoms with Crippen LogP contribution in [-0.2, 0) is 9.59 Å². The zero-order valence-electron chi connectivity index (χ0n) is 15.0. The van der Waals surface area contributed by atoms with Crippen LogP contribution in [0.3, 0.4) is 0 Å². The van der Waals surface area contributed by atoms with E-state index in [1.54, 1.807) is 19.1 Å². The normalized spacial score (nSPS) is 11.6. The van der Waals surface area contributed by atoms with Crippen molar-refractivity contribution in [1.82, 2.24) is 15.8 Å². The zero-order chi connectivity index (χ0) is 19.2. The molecule has 1 unspecified atom stereocenters. The number of nitrogens with one attached hydrogen (secondary N) is 3. The molecule has 0 aliphatic heterocycles. The fourth-order valence-electron chi connectivity index (χ4n) is 2.26. The van der Waals surface area contributed by atoms with Crippen LogP contribution < -0.4 is 20.9 Å². The van der Waals surface area contributed by atoms with Crippen molar-refractivity contribution in [2.75, 3.05) is 11.9 Å². The number of ether oxygens (including phenoxy) is 1. The minimum Gasteiger partial charge on any atom is -0.481 e. The number of carbonyl (C=O) groups excluding carboxylic acids is 2. The Balaban J connectivity index is 1.42. The maximum atomic E-state index is 12.0. The van der Waals surface area contributed by atoms with Crippen LogP contribution in [0.15, 0.2) is 48.5 Å². The van der Waals surface area contributed by atoms with Gasteiger partial charge in [-0.3, -0.25) is 20.4 Å². The van der Waals surface area contributed by atoms with E-state index in [9.17, 15) is 9.59 Å². The molecule has 2 amide bonds. The number of hydrogen-bond donors (Lipinski definition) is 3.